The van der Waals surface area contributed by atoms with Gasteiger partial charge in [-0.1, -0.05) is 0 Å². The summed E-state index contributed by atoms with van der Waals surface area (Å²) in [5.74, 6) is 0.857. The van der Waals surface area contributed by atoms with Crippen LogP contribution >= 0.6 is 6.60 Å². The first kappa shape index (κ1) is 11.4. The summed E-state index contributed by atoms with van der Waals surface area (Å²) in [6.07, 6.45) is 1.43. The molecule has 0 radical (unpaired) electrons. The second-order valence-corrected chi connectivity index (χ2v) is 13.8. The standard InChI is InChI=1S/C10H25P/c1-9(2)8-11(5,6,7)10(3)4/h9-10H,8H2,1-7H3. The van der Waals surface area contributed by atoms with E-state index in [2.05, 4.69) is 47.7 Å². The predicted octanol–water partition coefficient (Wildman–Crippen LogP) is 3.49. The van der Waals surface area contributed by atoms with Crippen LogP contribution in [0.3, 0.4) is 0 Å². The van der Waals surface area contributed by atoms with Crippen LogP contribution in [-0.2, 0) is 0 Å². The average molecular weight is 176 g/mol. The molecule has 0 bridgehead atoms. The molecule has 0 N–H and O–H groups in total. The van der Waals surface area contributed by atoms with Crippen LogP contribution in [0.5, 0.6) is 0 Å². The normalized spacial score (nSPS) is 17.0. The van der Waals surface area contributed by atoms with Crippen LogP contribution in [0.2, 0.25) is 0 Å². The minimum absolute atomic E-state index is 0.857. The Kier molecular flexibility index (Phi) is 3.17. The van der Waals surface area contributed by atoms with Gasteiger partial charge in [-0.2, -0.15) is 0 Å². The van der Waals surface area contributed by atoms with Crippen molar-refractivity contribution < 1.29 is 0 Å². The molecule has 0 aliphatic carbocycles. The van der Waals surface area contributed by atoms with Crippen LogP contribution in [0.25, 0.3) is 0 Å². The summed E-state index contributed by atoms with van der Waals surface area (Å²) in [5, 5.41) is 0. The summed E-state index contributed by atoms with van der Waals surface area (Å²) >= 11 is 0. The first-order chi connectivity index (χ1) is 4.63. The fourth-order valence-electron chi connectivity index (χ4n) is 1.52. The van der Waals surface area contributed by atoms with Crippen LogP contribution in [-0.4, -0.2) is 31.8 Å². The molecular weight excluding hydrogens is 151 g/mol. The van der Waals surface area contributed by atoms with Crippen molar-refractivity contribution in [3.63, 3.8) is 0 Å². The van der Waals surface area contributed by atoms with Gasteiger partial charge in [-0.15, -0.1) is 0 Å². The topological polar surface area (TPSA) is 0 Å². The molecule has 0 unspecified atom stereocenters. The zero-order chi connectivity index (χ0) is 9.31. The van der Waals surface area contributed by atoms with E-state index in [1.807, 2.05) is 0 Å². The van der Waals surface area contributed by atoms with Gasteiger partial charge < -0.3 is 0 Å². The van der Waals surface area contributed by atoms with E-state index in [1.165, 1.54) is 6.16 Å². The zero-order valence-electron chi connectivity index (χ0n) is 9.31. The SMILES string of the molecule is CC(C)CP(C)(C)(C)C(C)C. The van der Waals surface area contributed by atoms with Gasteiger partial charge in [-0.05, 0) is 0 Å². The fraction of sp³-hybridized carbons (Fsp3) is 1.00. The van der Waals surface area contributed by atoms with Crippen molar-refractivity contribution in [2.75, 3.05) is 26.2 Å². The van der Waals surface area contributed by atoms with Crippen molar-refractivity contribution in [2.45, 2.75) is 33.4 Å². The van der Waals surface area contributed by atoms with Crippen molar-refractivity contribution in [2.24, 2.45) is 5.92 Å². The summed E-state index contributed by atoms with van der Waals surface area (Å²) in [4.78, 5) is 0. The van der Waals surface area contributed by atoms with Gasteiger partial charge in [-0.3, -0.25) is 0 Å². The summed E-state index contributed by atoms with van der Waals surface area (Å²) < 4.78 is 0. The Balaban J connectivity index is 4.39. The molecule has 0 heterocycles. The molecule has 0 saturated heterocycles. The second-order valence-electron chi connectivity index (χ2n) is 5.92. The minimum atomic E-state index is -1.31. The van der Waals surface area contributed by atoms with E-state index in [1.54, 1.807) is 0 Å². The molecule has 0 fully saturated rings. The molecule has 70 valence electrons. The molecule has 11 heavy (non-hydrogen) atoms. The average Bonchev–Trinajstić information content (AvgIpc) is 1.57. The predicted molar refractivity (Wildman–Crippen MR) is 59.5 cm³/mol. The molecule has 0 aromatic rings. The second kappa shape index (κ2) is 3.05. The van der Waals surface area contributed by atoms with Crippen molar-refractivity contribution >= 4 is 6.60 Å². The molecule has 0 rings (SSSR count). The van der Waals surface area contributed by atoms with Gasteiger partial charge >= 0.3 is 72.0 Å². The van der Waals surface area contributed by atoms with Gasteiger partial charge in [0.15, 0.2) is 0 Å². The molecule has 0 aliphatic heterocycles. The maximum absolute atomic E-state index is 2.51. The van der Waals surface area contributed by atoms with E-state index in [9.17, 15) is 0 Å². The Bertz CT molecular complexity index is 126. The fourth-order valence-corrected chi connectivity index (χ4v) is 4.55. The molecule has 0 saturated carbocycles. The van der Waals surface area contributed by atoms with E-state index in [0.717, 1.165) is 11.6 Å². The molecule has 0 nitrogen and oxygen atoms in total. The maximum atomic E-state index is 2.51. The molecule has 0 aromatic heterocycles. The van der Waals surface area contributed by atoms with Gasteiger partial charge in [0.05, 0.1) is 0 Å². The molecule has 0 amide bonds. The van der Waals surface area contributed by atoms with Gasteiger partial charge in [0.25, 0.3) is 0 Å². The summed E-state index contributed by atoms with van der Waals surface area (Å²) in [6, 6.07) is 0. The van der Waals surface area contributed by atoms with E-state index in [0.29, 0.717) is 0 Å². The Morgan fingerprint density at radius 1 is 0.909 bits per heavy atom. The van der Waals surface area contributed by atoms with Crippen LogP contribution in [0, 0.1) is 5.92 Å². The molecule has 1 heteroatoms. The molecular formula is C10H25P. The number of hydrogen-bond donors (Lipinski definition) is 0. The quantitative estimate of drug-likeness (QED) is 0.577. The van der Waals surface area contributed by atoms with Gasteiger partial charge in [0.2, 0.25) is 0 Å². The van der Waals surface area contributed by atoms with Crippen molar-refractivity contribution in [1.29, 1.82) is 0 Å². The third kappa shape index (κ3) is 3.56. The molecule has 0 aliphatic rings. The number of rotatable bonds is 3. The van der Waals surface area contributed by atoms with Crippen LogP contribution in [0.4, 0.5) is 0 Å². The first-order valence-corrected chi connectivity index (χ1v) is 8.47. The van der Waals surface area contributed by atoms with Crippen LogP contribution < -0.4 is 0 Å². The van der Waals surface area contributed by atoms with E-state index < -0.39 is 6.60 Å². The van der Waals surface area contributed by atoms with Gasteiger partial charge in [-0.25, -0.2) is 0 Å². The zero-order valence-corrected chi connectivity index (χ0v) is 10.2. The summed E-state index contributed by atoms with van der Waals surface area (Å²) in [6.45, 7) is 15.6. The monoisotopic (exact) mass is 176 g/mol. The van der Waals surface area contributed by atoms with Crippen molar-refractivity contribution in [1.82, 2.24) is 0 Å². The van der Waals surface area contributed by atoms with Crippen molar-refractivity contribution in [3.8, 4) is 0 Å². The van der Waals surface area contributed by atoms with Crippen molar-refractivity contribution in [3.05, 3.63) is 0 Å². The Hall–Kier alpha value is 0.430. The summed E-state index contributed by atoms with van der Waals surface area (Å²) in [5.41, 5.74) is 0.878. The Morgan fingerprint density at radius 3 is 1.36 bits per heavy atom. The van der Waals surface area contributed by atoms with Gasteiger partial charge in [0, 0.05) is 0 Å². The first-order valence-electron chi connectivity index (χ1n) is 4.63. The van der Waals surface area contributed by atoms with Gasteiger partial charge in [0.1, 0.15) is 0 Å². The van der Waals surface area contributed by atoms with E-state index >= 15 is 0 Å². The molecule has 0 spiro atoms. The molecule has 0 aromatic carbocycles. The Labute approximate surface area is 72.7 Å². The third-order valence-corrected chi connectivity index (χ3v) is 8.80. The summed E-state index contributed by atoms with van der Waals surface area (Å²) in [7, 11) is 0. The Morgan fingerprint density at radius 2 is 1.27 bits per heavy atom. The number of hydrogen-bond acceptors (Lipinski definition) is 0. The van der Waals surface area contributed by atoms with E-state index in [4.69, 9.17) is 0 Å². The molecule has 0 atom stereocenters. The van der Waals surface area contributed by atoms with E-state index in [-0.39, 0.29) is 0 Å². The van der Waals surface area contributed by atoms with Crippen LogP contribution in [0.15, 0.2) is 0 Å². The van der Waals surface area contributed by atoms with Crippen LogP contribution in [0.1, 0.15) is 27.7 Å². The third-order valence-electron chi connectivity index (χ3n) is 2.93.